The number of hydrogen-bond donors (Lipinski definition) is 5. The van der Waals surface area contributed by atoms with Crippen molar-refractivity contribution < 1.29 is 19.5 Å². The number of anilines is 2. The Morgan fingerprint density at radius 2 is 1.79 bits per heavy atom. The number of imidazole rings is 1. The minimum Gasteiger partial charge on any atom is -0.395 e. The van der Waals surface area contributed by atoms with Crippen LogP contribution in [0.25, 0.3) is 0 Å². The molecule has 33 heavy (non-hydrogen) atoms. The normalized spacial score (nSPS) is 11.0. The smallest absolute Gasteiger partial charge is 0.273 e. The molecule has 3 rings (SSSR count). The van der Waals surface area contributed by atoms with Crippen LogP contribution >= 0.6 is 11.6 Å². The van der Waals surface area contributed by atoms with Crippen molar-refractivity contribution in [2.75, 3.05) is 17.2 Å². The molecule has 0 aliphatic rings. The third-order valence-corrected chi connectivity index (χ3v) is 5.15. The van der Waals surface area contributed by atoms with Gasteiger partial charge in [0.15, 0.2) is 0 Å². The highest BCUT2D eigenvalue weighted by Gasteiger charge is 2.26. The zero-order valence-electron chi connectivity index (χ0n) is 18.1. The fraction of sp³-hybridized carbons (Fsp3) is 0.217. The van der Waals surface area contributed by atoms with Crippen molar-refractivity contribution in [2.45, 2.75) is 20.4 Å². The van der Waals surface area contributed by atoms with Gasteiger partial charge in [-0.25, -0.2) is 4.98 Å². The standard InChI is InChI=1S/C23H24ClN5O4/c1-23(2,13-30)21(33)25-11-14-8-9-17(24)16(10-14)19(31)29-22-26-12-18(28-22)20(32)27-15-6-4-3-5-7-15/h3-10,12,30H,11,13H2,1-2H3,(H,25,33)(H,27,32)(H2,26,28,29,31). The van der Waals surface area contributed by atoms with Crippen LogP contribution in [0.5, 0.6) is 0 Å². The molecule has 0 bridgehead atoms. The number of H-pyrrole nitrogens is 1. The van der Waals surface area contributed by atoms with Crippen molar-refractivity contribution in [1.82, 2.24) is 15.3 Å². The molecule has 0 unspecified atom stereocenters. The van der Waals surface area contributed by atoms with Gasteiger partial charge in [0.05, 0.1) is 28.8 Å². The summed E-state index contributed by atoms with van der Waals surface area (Å²) in [6.07, 6.45) is 1.31. The molecule has 10 heteroatoms. The Hall–Kier alpha value is -3.69. The van der Waals surface area contributed by atoms with E-state index in [0.29, 0.717) is 11.3 Å². The molecule has 0 fully saturated rings. The van der Waals surface area contributed by atoms with Crippen LogP contribution in [-0.2, 0) is 11.3 Å². The molecule has 0 saturated heterocycles. The number of aliphatic hydroxyl groups is 1. The van der Waals surface area contributed by atoms with E-state index in [-0.39, 0.29) is 41.3 Å². The number of carbonyl (C=O) groups is 3. The largest absolute Gasteiger partial charge is 0.395 e. The Kier molecular flexibility index (Phi) is 7.47. The minimum atomic E-state index is -0.920. The maximum atomic E-state index is 12.7. The van der Waals surface area contributed by atoms with Crippen molar-refractivity contribution >= 4 is 41.0 Å². The van der Waals surface area contributed by atoms with Crippen LogP contribution in [-0.4, -0.2) is 39.4 Å². The first-order chi connectivity index (χ1) is 15.7. The summed E-state index contributed by atoms with van der Waals surface area (Å²) in [5.41, 5.74) is 0.700. The number of amides is 3. The number of aromatic nitrogens is 2. The molecular formula is C23H24ClN5O4. The van der Waals surface area contributed by atoms with E-state index in [0.717, 1.165) is 0 Å². The third-order valence-electron chi connectivity index (χ3n) is 4.82. The summed E-state index contributed by atoms with van der Waals surface area (Å²) < 4.78 is 0. The fourth-order valence-corrected chi connectivity index (χ4v) is 2.95. The number of aliphatic hydroxyl groups excluding tert-OH is 1. The first-order valence-corrected chi connectivity index (χ1v) is 10.5. The van der Waals surface area contributed by atoms with E-state index >= 15 is 0 Å². The van der Waals surface area contributed by atoms with Crippen LogP contribution in [0.3, 0.4) is 0 Å². The first kappa shape index (κ1) is 24.0. The second-order valence-corrected chi connectivity index (χ2v) is 8.37. The highest BCUT2D eigenvalue weighted by Crippen LogP contribution is 2.20. The maximum Gasteiger partial charge on any atom is 0.273 e. The van der Waals surface area contributed by atoms with Gasteiger partial charge in [-0.3, -0.25) is 19.7 Å². The van der Waals surface area contributed by atoms with E-state index < -0.39 is 17.2 Å². The maximum absolute atomic E-state index is 12.7. The average Bonchev–Trinajstić information content (AvgIpc) is 3.27. The quantitative estimate of drug-likeness (QED) is 0.345. The first-order valence-electron chi connectivity index (χ1n) is 10.1. The average molecular weight is 470 g/mol. The van der Waals surface area contributed by atoms with Crippen molar-refractivity contribution in [2.24, 2.45) is 5.41 Å². The molecule has 2 aromatic carbocycles. The number of aromatic amines is 1. The lowest BCUT2D eigenvalue weighted by Gasteiger charge is -2.20. The number of nitrogens with zero attached hydrogens (tertiary/aromatic N) is 1. The fourth-order valence-electron chi connectivity index (χ4n) is 2.74. The number of halogens is 1. The van der Waals surface area contributed by atoms with Crippen LogP contribution in [0.4, 0.5) is 11.6 Å². The zero-order chi connectivity index (χ0) is 24.0. The lowest BCUT2D eigenvalue weighted by Crippen LogP contribution is -2.38. The molecule has 0 radical (unpaired) electrons. The molecule has 9 nitrogen and oxygen atoms in total. The lowest BCUT2D eigenvalue weighted by molar-refractivity contribution is -0.131. The summed E-state index contributed by atoms with van der Waals surface area (Å²) in [6.45, 7) is 3.12. The molecule has 0 aliphatic heterocycles. The van der Waals surface area contributed by atoms with E-state index in [2.05, 4.69) is 25.9 Å². The molecule has 0 spiro atoms. The monoisotopic (exact) mass is 469 g/mol. The lowest BCUT2D eigenvalue weighted by atomic mass is 9.93. The molecule has 0 saturated carbocycles. The van der Waals surface area contributed by atoms with Gasteiger partial charge in [-0.05, 0) is 43.7 Å². The van der Waals surface area contributed by atoms with Gasteiger partial charge in [0.1, 0.15) is 5.69 Å². The van der Waals surface area contributed by atoms with Crippen molar-refractivity contribution in [3.05, 3.63) is 76.6 Å². The molecule has 0 atom stereocenters. The Bertz CT molecular complexity index is 1160. The Balaban J connectivity index is 1.65. The topological polar surface area (TPSA) is 136 Å². The van der Waals surface area contributed by atoms with Gasteiger partial charge in [-0.1, -0.05) is 35.9 Å². The number of para-hydroxylation sites is 1. The number of nitrogens with one attached hydrogen (secondary N) is 4. The van der Waals surface area contributed by atoms with Gasteiger partial charge in [0.25, 0.3) is 11.8 Å². The van der Waals surface area contributed by atoms with Crippen LogP contribution in [0, 0.1) is 5.41 Å². The van der Waals surface area contributed by atoms with Crippen LogP contribution in [0.2, 0.25) is 5.02 Å². The zero-order valence-corrected chi connectivity index (χ0v) is 18.9. The second-order valence-electron chi connectivity index (χ2n) is 7.96. The predicted octanol–water partition coefficient (Wildman–Crippen LogP) is 3.20. The minimum absolute atomic E-state index is 0.0812. The molecule has 1 heterocycles. The summed E-state index contributed by atoms with van der Waals surface area (Å²) in [5.74, 6) is -1.18. The SMILES string of the molecule is CC(C)(CO)C(=O)NCc1ccc(Cl)c(C(=O)Nc2ncc(C(=O)Nc3ccccc3)[nH]2)c1. The van der Waals surface area contributed by atoms with E-state index in [1.165, 1.54) is 6.20 Å². The summed E-state index contributed by atoms with van der Waals surface area (Å²) in [6, 6.07) is 13.7. The predicted molar refractivity (Wildman–Crippen MR) is 125 cm³/mol. The highest BCUT2D eigenvalue weighted by atomic mass is 35.5. The van der Waals surface area contributed by atoms with Gasteiger partial charge in [0.2, 0.25) is 11.9 Å². The summed E-state index contributed by atoms with van der Waals surface area (Å²) in [4.78, 5) is 44.0. The van der Waals surface area contributed by atoms with Crippen molar-refractivity contribution in [1.29, 1.82) is 0 Å². The molecule has 5 N–H and O–H groups in total. The molecule has 172 valence electrons. The van der Waals surface area contributed by atoms with E-state index in [1.54, 1.807) is 56.3 Å². The van der Waals surface area contributed by atoms with Crippen molar-refractivity contribution in [3.8, 4) is 0 Å². The van der Waals surface area contributed by atoms with Gasteiger partial charge in [-0.15, -0.1) is 0 Å². The molecule has 0 aliphatic carbocycles. The summed E-state index contributed by atoms with van der Waals surface area (Å²) >= 11 is 6.19. The number of rotatable bonds is 8. The number of hydrogen-bond acceptors (Lipinski definition) is 5. The Labute approximate surface area is 195 Å². The Morgan fingerprint density at radius 3 is 2.48 bits per heavy atom. The van der Waals surface area contributed by atoms with Gasteiger partial charge >= 0.3 is 0 Å². The number of carbonyl (C=O) groups excluding carboxylic acids is 3. The number of benzene rings is 2. The van der Waals surface area contributed by atoms with Gasteiger partial charge in [0, 0.05) is 12.2 Å². The molecular weight excluding hydrogens is 446 g/mol. The van der Waals surface area contributed by atoms with Gasteiger partial charge < -0.3 is 20.7 Å². The van der Waals surface area contributed by atoms with Crippen LogP contribution < -0.4 is 16.0 Å². The third kappa shape index (κ3) is 6.18. The highest BCUT2D eigenvalue weighted by molar-refractivity contribution is 6.34. The molecule has 3 amide bonds. The van der Waals surface area contributed by atoms with Crippen molar-refractivity contribution in [3.63, 3.8) is 0 Å². The van der Waals surface area contributed by atoms with Gasteiger partial charge in [-0.2, -0.15) is 0 Å². The Morgan fingerprint density at radius 1 is 1.06 bits per heavy atom. The molecule has 3 aromatic rings. The molecule has 1 aromatic heterocycles. The summed E-state index contributed by atoms with van der Waals surface area (Å²) in [5, 5.41) is 17.5. The summed E-state index contributed by atoms with van der Waals surface area (Å²) in [7, 11) is 0. The van der Waals surface area contributed by atoms with E-state index in [9.17, 15) is 19.5 Å². The second kappa shape index (κ2) is 10.3. The van der Waals surface area contributed by atoms with E-state index in [1.807, 2.05) is 6.07 Å². The van der Waals surface area contributed by atoms with E-state index in [4.69, 9.17) is 11.6 Å². The van der Waals surface area contributed by atoms with Crippen LogP contribution in [0.15, 0.2) is 54.7 Å². The van der Waals surface area contributed by atoms with Crippen LogP contribution in [0.1, 0.15) is 40.3 Å².